The molecule has 0 aromatic heterocycles. The first-order chi connectivity index (χ1) is 14.5. The van der Waals surface area contributed by atoms with Crippen molar-refractivity contribution in [2.24, 2.45) is 23.2 Å². The molecule has 1 N–H and O–H groups in total. The largest absolute Gasteiger partial charge is 0.354 e. The van der Waals surface area contributed by atoms with Gasteiger partial charge in [0.25, 0.3) is 11.8 Å². The maximum atomic E-state index is 13.3. The van der Waals surface area contributed by atoms with Crippen LogP contribution in [0.3, 0.4) is 0 Å². The molecule has 1 heterocycles. The minimum atomic E-state index is -0.737. The molecule has 3 amide bonds. The first-order valence-electron chi connectivity index (χ1n) is 11.2. The highest BCUT2D eigenvalue weighted by Crippen LogP contribution is 2.59. The van der Waals surface area contributed by atoms with Crippen LogP contribution < -0.4 is 5.32 Å². The zero-order valence-corrected chi connectivity index (χ0v) is 18.4. The van der Waals surface area contributed by atoms with Crippen LogP contribution in [0.4, 0.5) is 0 Å². The van der Waals surface area contributed by atoms with Gasteiger partial charge in [0.1, 0.15) is 6.04 Å². The fraction of sp³-hybridized carbons (Fsp3) is 0.625. The van der Waals surface area contributed by atoms with Crippen molar-refractivity contribution in [2.75, 3.05) is 18.6 Å². The van der Waals surface area contributed by atoms with E-state index in [0.717, 1.165) is 23.5 Å². The Hall–Kier alpha value is -1.82. The summed E-state index contributed by atoms with van der Waals surface area (Å²) in [5, 5.41) is 3.20. The molecule has 0 saturated heterocycles. The van der Waals surface area contributed by atoms with Crippen LogP contribution >= 0.6 is 11.8 Å². The molecule has 6 heteroatoms. The van der Waals surface area contributed by atoms with Crippen LogP contribution in [0.25, 0.3) is 0 Å². The van der Waals surface area contributed by atoms with Gasteiger partial charge in [0.2, 0.25) is 5.91 Å². The summed E-state index contributed by atoms with van der Waals surface area (Å²) in [5.74, 6) is 2.36. The maximum Gasteiger partial charge on any atom is 0.262 e. The van der Waals surface area contributed by atoms with E-state index in [0.29, 0.717) is 24.1 Å². The topological polar surface area (TPSA) is 66.5 Å². The van der Waals surface area contributed by atoms with Crippen molar-refractivity contribution in [3.8, 4) is 0 Å². The van der Waals surface area contributed by atoms with E-state index < -0.39 is 6.04 Å². The third-order valence-corrected chi connectivity index (χ3v) is 8.48. The van der Waals surface area contributed by atoms with Crippen LogP contribution in [0, 0.1) is 23.2 Å². The lowest BCUT2D eigenvalue weighted by molar-refractivity contribution is -0.127. The second kappa shape index (κ2) is 7.70. The van der Waals surface area contributed by atoms with E-state index in [4.69, 9.17) is 0 Å². The van der Waals surface area contributed by atoms with Gasteiger partial charge in [0.15, 0.2) is 0 Å². The molecule has 0 unspecified atom stereocenters. The molecule has 4 fully saturated rings. The van der Waals surface area contributed by atoms with Gasteiger partial charge in [0.05, 0.1) is 11.1 Å². The predicted octanol–water partition coefficient (Wildman–Crippen LogP) is 3.74. The SMILES string of the molecule is CSCC[C@H](C(=O)NCC12CC3CC(CC(C3)C1)C2)N1C(=O)c2ccccc2C1=O. The Morgan fingerprint density at radius 1 is 1.07 bits per heavy atom. The number of imide groups is 1. The molecule has 1 aromatic rings. The molecular formula is C24H30N2O3S. The number of thioether (sulfide) groups is 1. The number of rotatable bonds is 7. The van der Waals surface area contributed by atoms with Gasteiger partial charge in [-0.15, -0.1) is 0 Å². The van der Waals surface area contributed by atoms with Crippen LogP contribution in [-0.2, 0) is 4.79 Å². The van der Waals surface area contributed by atoms with Crippen LogP contribution in [-0.4, -0.2) is 47.2 Å². The van der Waals surface area contributed by atoms with E-state index in [1.807, 2.05) is 6.26 Å². The van der Waals surface area contributed by atoms with Gasteiger partial charge in [-0.25, -0.2) is 0 Å². The number of nitrogens with zero attached hydrogens (tertiary/aromatic N) is 1. The van der Waals surface area contributed by atoms with Crippen molar-refractivity contribution in [2.45, 2.75) is 51.0 Å². The highest BCUT2D eigenvalue weighted by Gasteiger charge is 2.51. The van der Waals surface area contributed by atoms with Gasteiger partial charge >= 0.3 is 0 Å². The van der Waals surface area contributed by atoms with Crippen LogP contribution in [0.5, 0.6) is 0 Å². The number of carbonyl (C=O) groups is 3. The van der Waals surface area contributed by atoms with E-state index in [9.17, 15) is 14.4 Å². The van der Waals surface area contributed by atoms with Gasteiger partial charge in [-0.1, -0.05) is 12.1 Å². The predicted molar refractivity (Wildman–Crippen MR) is 117 cm³/mol. The highest BCUT2D eigenvalue weighted by atomic mass is 32.2. The van der Waals surface area contributed by atoms with Gasteiger partial charge in [-0.05, 0) is 92.3 Å². The molecule has 160 valence electrons. The van der Waals surface area contributed by atoms with Crippen LogP contribution in [0.1, 0.15) is 65.7 Å². The fourth-order valence-electron chi connectivity index (χ4n) is 7.00. The van der Waals surface area contributed by atoms with Gasteiger partial charge < -0.3 is 5.32 Å². The normalized spacial score (nSPS) is 32.4. The van der Waals surface area contributed by atoms with Crippen molar-refractivity contribution in [3.05, 3.63) is 35.4 Å². The van der Waals surface area contributed by atoms with E-state index in [1.54, 1.807) is 36.0 Å². The van der Waals surface area contributed by atoms with Crippen molar-refractivity contribution in [3.63, 3.8) is 0 Å². The monoisotopic (exact) mass is 426 g/mol. The van der Waals surface area contributed by atoms with Crippen molar-refractivity contribution in [1.29, 1.82) is 0 Å². The number of hydrogen-bond donors (Lipinski definition) is 1. The van der Waals surface area contributed by atoms with Crippen molar-refractivity contribution in [1.82, 2.24) is 10.2 Å². The first-order valence-corrected chi connectivity index (χ1v) is 12.6. The van der Waals surface area contributed by atoms with Crippen molar-refractivity contribution >= 4 is 29.5 Å². The second-order valence-corrected chi connectivity index (χ2v) is 10.9. The number of amides is 3. The lowest BCUT2D eigenvalue weighted by Crippen LogP contribution is -2.55. The fourth-order valence-corrected chi connectivity index (χ4v) is 7.46. The molecular weight excluding hydrogens is 396 g/mol. The van der Waals surface area contributed by atoms with Gasteiger partial charge in [0, 0.05) is 6.54 Å². The second-order valence-electron chi connectivity index (χ2n) is 9.96. The lowest BCUT2D eigenvalue weighted by atomic mass is 9.49. The van der Waals surface area contributed by atoms with Gasteiger partial charge in [-0.3, -0.25) is 19.3 Å². The summed E-state index contributed by atoms with van der Waals surface area (Å²) in [4.78, 5) is 40.4. The summed E-state index contributed by atoms with van der Waals surface area (Å²) in [7, 11) is 0. The molecule has 5 aliphatic rings. The van der Waals surface area contributed by atoms with Crippen LogP contribution in [0.15, 0.2) is 24.3 Å². The standard InChI is InChI=1S/C24H30N2O3S/c1-30-7-6-20(26-22(28)18-4-2-3-5-19(18)23(26)29)21(27)25-14-24-11-15-8-16(12-24)10-17(9-15)13-24/h2-5,15-17,20H,6-14H2,1H3,(H,25,27)/t15?,16?,17?,20-,24?/m1/s1. The Bertz CT molecular complexity index is 813. The molecule has 1 aliphatic heterocycles. The quantitative estimate of drug-likeness (QED) is 0.675. The smallest absolute Gasteiger partial charge is 0.262 e. The Labute approximate surface area is 182 Å². The summed E-state index contributed by atoms with van der Waals surface area (Å²) in [5.41, 5.74) is 1.05. The first kappa shape index (κ1) is 20.1. The van der Waals surface area contributed by atoms with E-state index in [2.05, 4.69) is 5.32 Å². The molecule has 1 aromatic carbocycles. The number of carbonyl (C=O) groups excluding carboxylic acids is 3. The van der Waals surface area contributed by atoms with E-state index in [1.165, 1.54) is 43.4 Å². The summed E-state index contributed by atoms with van der Waals surface area (Å²) in [6.07, 6.45) is 10.3. The Balaban J connectivity index is 1.32. The number of fused-ring (bicyclic) bond motifs is 1. The third kappa shape index (κ3) is 3.37. The molecule has 6 rings (SSSR count). The summed E-state index contributed by atoms with van der Waals surface area (Å²) < 4.78 is 0. The third-order valence-electron chi connectivity index (χ3n) is 7.84. The number of hydrogen-bond acceptors (Lipinski definition) is 4. The molecule has 4 saturated carbocycles. The van der Waals surface area contributed by atoms with E-state index in [-0.39, 0.29) is 23.1 Å². The number of benzene rings is 1. The Morgan fingerprint density at radius 3 is 2.10 bits per heavy atom. The zero-order valence-electron chi connectivity index (χ0n) is 17.6. The summed E-state index contributed by atoms with van der Waals surface area (Å²) in [6.45, 7) is 0.689. The molecule has 4 aliphatic carbocycles. The summed E-state index contributed by atoms with van der Waals surface area (Å²) in [6, 6.07) is 6.14. The number of nitrogens with one attached hydrogen (secondary N) is 1. The Kier molecular flexibility index (Phi) is 5.16. The molecule has 0 radical (unpaired) electrons. The van der Waals surface area contributed by atoms with Crippen molar-refractivity contribution < 1.29 is 14.4 Å². The van der Waals surface area contributed by atoms with Gasteiger partial charge in [-0.2, -0.15) is 11.8 Å². The molecule has 0 spiro atoms. The maximum absolute atomic E-state index is 13.3. The minimum Gasteiger partial charge on any atom is -0.354 e. The minimum absolute atomic E-state index is 0.172. The summed E-state index contributed by atoms with van der Waals surface area (Å²) >= 11 is 1.63. The molecule has 1 atom stereocenters. The lowest BCUT2D eigenvalue weighted by Gasteiger charge is -2.57. The average molecular weight is 427 g/mol. The van der Waals surface area contributed by atoms with Crippen LogP contribution in [0.2, 0.25) is 0 Å². The van der Waals surface area contributed by atoms with E-state index >= 15 is 0 Å². The highest BCUT2D eigenvalue weighted by molar-refractivity contribution is 7.98. The molecule has 5 nitrogen and oxygen atoms in total. The average Bonchev–Trinajstić information content (AvgIpc) is 2.97. The zero-order chi connectivity index (χ0) is 20.9. The Morgan fingerprint density at radius 2 is 1.60 bits per heavy atom. The molecule has 30 heavy (non-hydrogen) atoms. The molecule has 4 bridgehead atoms.